The molecular formula is C23H31N5O4S. The van der Waals surface area contributed by atoms with Crippen LogP contribution in [0.4, 0.5) is 14.7 Å². The molecule has 1 unspecified atom stereocenters. The highest BCUT2D eigenvalue weighted by Gasteiger charge is 2.25. The van der Waals surface area contributed by atoms with Gasteiger partial charge in [-0.15, -0.1) is 11.3 Å². The fraction of sp³-hybridized carbons (Fsp3) is 0.478. The van der Waals surface area contributed by atoms with E-state index in [2.05, 4.69) is 27.8 Å². The highest BCUT2D eigenvalue weighted by molar-refractivity contribution is 7.13. The number of anilines is 1. The van der Waals surface area contributed by atoms with Gasteiger partial charge in [-0.1, -0.05) is 30.3 Å². The molecule has 1 atom stereocenters. The van der Waals surface area contributed by atoms with E-state index in [0.717, 1.165) is 12.8 Å². The Morgan fingerprint density at radius 2 is 1.82 bits per heavy atom. The number of thiazole rings is 1. The molecule has 1 fully saturated rings. The molecule has 1 aliphatic rings. The van der Waals surface area contributed by atoms with Gasteiger partial charge in [0.05, 0.1) is 18.7 Å². The van der Waals surface area contributed by atoms with Crippen molar-refractivity contribution in [1.82, 2.24) is 20.1 Å². The van der Waals surface area contributed by atoms with Crippen molar-refractivity contribution < 1.29 is 19.1 Å². The fourth-order valence-electron chi connectivity index (χ4n) is 3.51. The number of hydrogen-bond donors (Lipinski definition) is 2. The van der Waals surface area contributed by atoms with Crippen LogP contribution >= 0.6 is 11.3 Å². The van der Waals surface area contributed by atoms with Crippen LogP contribution in [0.3, 0.4) is 0 Å². The molecule has 0 bridgehead atoms. The molecule has 2 heterocycles. The minimum atomic E-state index is -0.352. The van der Waals surface area contributed by atoms with Crippen molar-refractivity contribution in [1.29, 1.82) is 0 Å². The Kier molecular flexibility index (Phi) is 9.05. The second-order valence-electron chi connectivity index (χ2n) is 7.92. The summed E-state index contributed by atoms with van der Waals surface area (Å²) < 4.78 is 4.99. The molecule has 1 aliphatic heterocycles. The zero-order chi connectivity index (χ0) is 23.6. The molecule has 0 spiro atoms. The third-order valence-electron chi connectivity index (χ3n) is 5.32. The maximum atomic E-state index is 12.5. The van der Waals surface area contributed by atoms with Crippen molar-refractivity contribution in [2.45, 2.75) is 39.2 Å². The Bertz CT molecular complexity index is 928. The lowest BCUT2D eigenvalue weighted by Gasteiger charge is -2.33. The first kappa shape index (κ1) is 24.5. The van der Waals surface area contributed by atoms with Crippen molar-refractivity contribution in [3.8, 4) is 0 Å². The fourth-order valence-corrected chi connectivity index (χ4v) is 4.21. The minimum Gasteiger partial charge on any atom is -0.450 e. The molecule has 2 N–H and O–H groups in total. The van der Waals surface area contributed by atoms with Gasteiger partial charge in [-0.2, -0.15) is 0 Å². The molecular weight excluding hydrogens is 442 g/mol. The van der Waals surface area contributed by atoms with Crippen molar-refractivity contribution in [2.24, 2.45) is 0 Å². The molecule has 9 nitrogen and oxygen atoms in total. The molecule has 3 rings (SSSR count). The van der Waals surface area contributed by atoms with Crippen molar-refractivity contribution in [3.05, 3.63) is 47.0 Å². The van der Waals surface area contributed by atoms with Gasteiger partial charge in [0, 0.05) is 37.6 Å². The van der Waals surface area contributed by atoms with Gasteiger partial charge in [0.15, 0.2) is 5.13 Å². The van der Waals surface area contributed by atoms with E-state index < -0.39 is 0 Å². The molecule has 10 heteroatoms. The molecule has 178 valence electrons. The number of amides is 4. The van der Waals surface area contributed by atoms with Gasteiger partial charge in [-0.3, -0.25) is 10.1 Å². The summed E-state index contributed by atoms with van der Waals surface area (Å²) in [4.78, 5) is 44.2. The number of benzene rings is 1. The van der Waals surface area contributed by atoms with E-state index >= 15 is 0 Å². The van der Waals surface area contributed by atoms with Crippen LogP contribution in [0.1, 0.15) is 31.5 Å². The zero-order valence-corrected chi connectivity index (χ0v) is 19.9. The summed E-state index contributed by atoms with van der Waals surface area (Å²) in [5, 5.41) is 8.02. The van der Waals surface area contributed by atoms with Crippen LogP contribution in [0.25, 0.3) is 0 Å². The second kappa shape index (κ2) is 12.2. The van der Waals surface area contributed by atoms with E-state index in [1.54, 1.807) is 22.1 Å². The van der Waals surface area contributed by atoms with Crippen molar-refractivity contribution >= 4 is 34.5 Å². The van der Waals surface area contributed by atoms with Gasteiger partial charge in [0.25, 0.3) is 0 Å². The van der Waals surface area contributed by atoms with E-state index in [1.807, 2.05) is 25.1 Å². The van der Waals surface area contributed by atoms with Gasteiger partial charge in [0.1, 0.15) is 0 Å². The summed E-state index contributed by atoms with van der Waals surface area (Å²) in [6.07, 6.45) is 1.58. The van der Waals surface area contributed by atoms with E-state index in [0.29, 0.717) is 43.6 Å². The number of aromatic nitrogens is 1. The number of carbonyl (C=O) groups excluding carboxylic acids is 3. The first-order chi connectivity index (χ1) is 15.9. The lowest BCUT2D eigenvalue weighted by atomic mass is 10.1. The lowest BCUT2D eigenvalue weighted by molar-refractivity contribution is -0.121. The quantitative estimate of drug-likeness (QED) is 0.613. The molecule has 4 amide bonds. The highest BCUT2D eigenvalue weighted by Crippen LogP contribution is 2.17. The standard InChI is InChI=1S/C23H31N5O4S/c1-3-32-23(31)28-13-11-27(12-14-28)22(30)26-21-25-19(16-33-21)15-20(29)24-17(2)9-10-18-7-5-4-6-8-18/h4-8,16-17H,3,9-15H2,1-2H3,(H,24,29)(H,25,26,30). The van der Waals surface area contributed by atoms with Crippen LogP contribution in [-0.4, -0.2) is 71.6 Å². The first-order valence-electron chi connectivity index (χ1n) is 11.2. The number of piperazine rings is 1. The van der Waals surface area contributed by atoms with E-state index in [9.17, 15) is 14.4 Å². The summed E-state index contributed by atoms with van der Waals surface area (Å²) in [7, 11) is 0. The average Bonchev–Trinajstić information content (AvgIpc) is 3.25. The number of aryl methyl sites for hydroxylation is 1. The summed E-state index contributed by atoms with van der Waals surface area (Å²) in [6.45, 7) is 5.79. The van der Waals surface area contributed by atoms with E-state index in [-0.39, 0.29) is 30.5 Å². The van der Waals surface area contributed by atoms with Gasteiger partial charge in [-0.05, 0) is 32.3 Å². The number of hydrogen-bond acceptors (Lipinski definition) is 6. The molecule has 1 aromatic heterocycles. The minimum absolute atomic E-state index is 0.0591. The maximum absolute atomic E-state index is 12.5. The number of nitrogens with one attached hydrogen (secondary N) is 2. The Morgan fingerprint density at radius 1 is 1.12 bits per heavy atom. The molecule has 0 radical (unpaired) electrons. The van der Waals surface area contributed by atoms with Crippen LogP contribution in [0, 0.1) is 0 Å². The van der Waals surface area contributed by atoms with Crippen molar-refractivity contribution in [2.75, 3.05) is 38.1 Å². The Morgan fingerprint density at radius 3 is 2.52 bits per heavy atom. The predicted octanol–water partition coefficient (Wildman–Crippen LogP) is 3.13. The molecule has 0 saturated carbocycles. The average molecular weight is 474 g/mol. The van der Waals surface area contributed by atoms with Gasteiger partial charge in [0.2, 0.25) is 5.91 Å². The summed E-state index contributed by atoms with van der Waals surface area (Å²) >= 11 is 1.29. The Hall–Kier alpha value is -3.14. The van der Waals surface area contributed by atoms with Gasteiger partial charge < -0.3 is 19.9 Å². The normalized spacial score (nSPS) is 14.5. The molecule has 1 saturated heterocycles. The predicted molar refractivity (Wildman–Crippen MR) is 127 cm³/mol. The number of ether oxygens (including phenoxy) is 1. The highest BCUT2D eigenvalue weighted by atomic mass is 32.1. The van der Waals surface area contributed by atoms with Gasteiger partial charge >= 0.3 is 12.1 Å². The first-order valence-corrected chi connectivity index (χ1v) is 12.1. The summed E-state index contributed by atoms with van der Waals surface area (Å²) in [6, 6.07) is 9.98. The number of carbonyl (C=O) groups is 3. The molecule has 0 aliphatic carbocycles. The maximum Gasteiger partial charge on any atom is 0.409 e. The van der Waals surface area contributed by atoms with Crippen LogP contribution in [0.5, 0.6) is 0 Å². The molecule has 2 aromatic rings. The number of urea groups is 1. The van der Waals surface area contributed by atoms with Crippen LogP contribution < -0.4 is 10.6 Å². The third kappa shape index (κ3) is 7.74. The number of rotatable bonds is 8. The topological polar surface area (TPSA) is 104 Å². The second-order valence-corrected chi connectivity index (χ2v) is 8.77. The Balaban J connectivity index is 1.39. The monoisotopic (exact) mass is 473 g/mol. The van der Waals surface area contributed by atoms with E-state index in [4.69, 9.17) is 4.74 Å². The summed E-state index contributed by atoms with van der Waals surface area (Å²) in [5.74, 6) is -0.0891. The smallest absolute Gasteiger partial charge is 0.409 e. The third-order valence-corrected chi connectivity index (χ3v) is 6.12. The largest absolute Gasteiger partial charge is 0.450 e. The molecule has 33 heavy (non-hydrogen) atoms. The van der Waals surface area contributed by atoms with Crippen LogP contribution in [0.15, 0.2) is 35.7 Å². The number of nitrogens with zero attached hydrogens (tertiary/aromatic N) is 3. The Labute approximate surface area is 198 Å². The van der Waals surface area contributed by atoms with Gasteiger partial charge in [-0.25, -0.2) is 14.6 Å². The van der Waals surface area contributed by atoms with Crippen LogP contribution in [0.2, 0.25) is 0 Å². The SMILES string of the molecule is CCOC(=O)N1CCN(C(=O)Nc2nc(CC(=O)NC(C)CCc3ccccc3)cs2)CC1. The summed E-state index contributed by atoms with van der Waals surface area (Å²) in [5.41, 5.74) is 1.87. The molecule has 1 aromatic carbocycles. The lowest BCUT2D eigenvalue weighted by Crippen LogP contribution is -2.51. The zero-order valence-electron chi connectivity index (χ0n) is 19.1. The van der Waals surface area contributed by atoms with E-state index in [1.165, 1.54) is 16.9 Å². The van der Waals surface area contributed by atoms with Crippen LogP contribution in [-0.2, 0) is 22.4 Å². The van der Waals surface area contributed by atoms with Crippen molar-refractivity contribution in [3.63, 3.8) is 0 Å².